The van der Waals surface area contributed by atoms with E-state index in [1.165, 1.54) is 6.07 Å². The average molecular weight is 295 g/mol. The van der Waals surface area contributed by atoms with E-state index < -0.39 is 41.2 Å². The highest BCUT2D eigenvalue weighted by molar-refractivity contribution is 5.93. The van der Waals surface area contributed by atoms with E-state index in [0.717, 1.165) is 7.11 Å². The molecule has 0 heterocycles. The van der Waals surface area contributed by atoms with E-state index in [9.17, 15) is 26.7 Å². The topological polar surface area (TPSA) is 59.3 Å². The molecule has 4 nitrogen and oxygen atoms in total. The van der Waals surface area contributed by atoms with Crippen LogP contribution in [0.15, 0.2) is 12.1 Å². The number of alkyl halides is 5. The van der Waals surface area contributed by atoms with E-state index >= 15 is 0 Å². The third-order valence-electron chi connectivity index (χ3n) is 2.16. The summed E-state index contributed by atoms with van der Waals surface area (Å²) in [6.45, 7) is -3.38. The zero-order valence-electron chi connectivity index (χ0n) is 9.79. The molecule has 1 aromatic rings. The highest BCUT2D eigenvalue weighted by Gasteiger charge is 2.37. The predicted molar refractivity (Wildman–Crippen MR) is 54.1 cm³/mol. The fourth-order valence-corrected chi connectivity index (χ4v) is 1.40. The van der Waals surface area contributed by atoms with E-state index in [1.807, 2.05) is 0 Å². The van der Waals surface area contributed by atoms with E-state index in [2.05, 4.69) is 9.47 Å². The van der Waals surface area contributed by atoms with E-state index in [4.69, 9.17) is 5.26 Å². The highest BCUT2D eigenvalue weighted by Crippen LogP contribution is 2.36. The Morgan fingerprint density at radius 2 is 1.95 bits per heavy atom. The van der Waals surface area contributed by atoms with Crippen molar-refractivity contribution in [1.82, 2.24) is 0 Å². The summed E-state index contributed by atoms with van der Waals surface area (Å²) in [5.41, 5.74) is -3.38. The lowest BCUT2D eigenvalue weighted by atomic mass is 10.0. The lowest BCUT2D eigenvalue weighted by Gasteiger charge is -2.14. The van der Waals surface area contributed by atoms with Crippen LogP contribution in [0.5, 0.6) is 5.75 Å². The van der Waals surface area contributed by atoms with Crippen LogP contribution < -0.4 is 4.74 Å². The van der Waals surface area contributed by atoms with Crippen molar-refractivity contribution in [3.05, 3.63) is 28.8 Å². The predicted octanol–water partition coefficient (Wildman–Crippen LogP) is 2.97. The average Bonchev–Trinajstić information content (AvgIpc) is 2.35. The van der Waals surface area contributed by atoms with Crippen molar-refractivity contribution >= 4 is 5.97 Å². The van der Waals surface area contributed by atoms with E-state index in [1.54, 1.807) is 0 Å². The van der Waals surface area contributed by atoms with Crippen molar-refractivity contribution < 1.29 is 36.2 Å². The molecule has 0 fully saturated rings. The first-order valence-electron chi connectivity index (χ1n) is 4.89. The number of halogens is 5. The number of rotatable bonds is 3. The quantitative estimate of drug-likeness (QED) is 0.635. The Morgan fingerprint density at radius 1 is 1.35 bits per heavy atom. The molecule has 0 saturated heterocycles. The van der Waals surface area contributed by atoms with Crippen LogP contribution in [0, 0.1) is 11.3 Å². The number of hydrogen-bond donors (Lipinski definition) is 0. The summed E-state index contributed by atoms with van der Waals surface area (Å²) >= 11 is 0. The Balaban J connectivity index is 3.57. The number of ether oxygens (including phenoxy) is 2. The Hall–Kier alpha value is -2.37. The largest absolute Gasteiger partial charge is 0.465 e. The second-order valence-electron chi connectivity index (χ2n) is 3.37. The summed E-state index contributed by atoms with van der Waals surface area (Å²) in [4.78, 5) is 11.3. The van der Waals surface area contributed by atoms with Gasteiger partial charge in [0.1, 0.15) is 11.8 Å². The van der Waals surface area contributed by atoms with Crippen molar-refractivity contribution in [3.8, 4) is 11.8 Å². The highest BCUT2D eigenvalue weighted by atomic mass is 19.4. The number of nitriles is 1. The number of carbonyl (C=O) groups excluding carboxylic acids is 1. The maximum Gasteiger partial charge on any atom is 0.417 e. The van der Waals surface area contributed by atoms with Crippen molar-refractivity contribution in [3.63, 3.8) is 0 Å². The first kappa shape index (κ1) is 15.7. The normalized spacial score (nSPS) is 11.1. The van der Waals surface area contributed by atoms with Crippen LogP contribution >= 0.6 is 0 Å². The molecule has 108 valence electrons. The Bertz CT molecular complexity index is 562. The van der Waals surface area contributed by atoms with Gasteiger partial charge in [0.05, 0.1) is 23.8 Å². The number of methoxy groups -OCH3 is 1. The van der Waals surface area contributed by atoms with Gasteiger partial charge in [0.25, 0.3) is 0 Å². The number of benzene rings is 1. The zero-order valence-corrected chi connectivity index (χ0v) is 9.79. The zero-order chi connectivity index (χ0) is 15.5. The molecule has 0 aliphatic rings. The van der Waals surface area contributed by atoms with Crippen molar-refractivity contribution in [2.24, 2.45) is 0 Å². The molecule has 9 heteroatoms. The molecule has 0 saturated carbocycles. The number of hydrogen-bond acceptors (Lipinski definition) is 4. The first-order valence-corrected chi connectivity index (χ1v) is 4.89. The number of nitrogens with zero attached hydrogens (tertiary/aromatic N) is 1. The molecule has 0 aromatic heterocycles. The lowest BCUT2D eigenvalue weighted by molar-refractivity contribution is -0.138. The third kappa shape index (κ3) is 3.34. The summed E-state index contributed by atoms with van der Waals surface area (Å²) in [5, 5.41) is 8.73. The molecule has 0 amide bonds. The molecule has 0 bridgehead atoms. The van der Waals surface area contributed by atoms with Gasteiger partial charge < -0.3 is 9.47 Å². The molecule has 0 atom stereocenters. The molecule has 0 unspecified atom stereocenters. The fourth-order valence-electron chi connectivity index (χ4n) is 1.40. The Morgan fingerprint density at radius 3 is 2.35 bits per heavy atom. The summed E-state index contributed by atoms with van der Waals surface area (Å²) in [6.07, 6.45) is -5.02. The summed E-state index contributed by atoms with van der Waals surface area (Å²) in [6, 6.07) is 2.01. The molecule has 20 heavy (non-hydrogen) atoms. The van der Waals surface area contributed by atoms with Crippen LogP contribution in [0.25, 0.3) is 0 Å². The van der Waals surface area contributed by atoms with Gasteiger partial charge in [0.15, 0.2) is 0 Å². The van der Waals surface area contributed by atoms with Gasteiger partial charge in [-0.25, -0.2) is 4.79 Å². The van der Waals surface area contributed by atoms with Crippen LogP contribution in [0.1, 0.15) is 21.5 Å². The molecule has 0 aliphatic carbocycles. The van der Waals surface area contributed by atoms with Gasteiger partial charge in [0, 0.05) is 0 Å². The van der Waals surface area contributed by atoms with Crippen LogP contribution in [0.2, 0.25) is 0 Å². The molecular weight excluding hydrogens is 289 g/mol. The molecule has 1 aromatic carbocycles. The maximum absolute atomic E-state index is 12.8. The standard InChI is InChI=1S/C11H6F5NO3/c1-19-9(18)6-2-5(20-10(12)13)3-8(7(6)4-17)11(14,15)16/h2-3,10H,1H3. The lowest BCUT2D eigenvalue weighted by Crippen LogP contribution is -2.15. The second kappa shape index (κ2) is 5.73. The summed E-state index contributed by atoms with van der Waals surface area (Å²) < 4.78 is 70.4. The van der Waals surface area contributed by atoms with Gasteiger partial charge >= 0.3 is 18.8 Å². The van der Waals surface area contributed by atoms with Gasteiger partial charge in [-0.05, 0) is 12.1 Å². The third-order valence-corrected chi connectivity index (χ3v) is 2.16. The Kier molecular flexibility index (Phi) is 4.49. The van der Waals surface area contributed by atoms with Crippen LogP contribution in [-0.4, -0.2) is 19.7 Å². The van der Waals surface area contributed by atoms with Crippen LogP contribution in [0.3, 0.4) is 0 Å². The van der Waals surface area contributed by atoms with Gasteiger partial charge in [0.2, 0.25) is 0 Å². The minimum atomic E-state index is -5.02. The molecule has 0 N–H and O–H groups in total. The minimum Gasteiger partial charge on any atom is -0.465 e. The number of esters is 1. The van der Waals surface area contributed by atoms with Crippen molar-refractivity contribution in [2.75, 3.05) is 7.11 Å². The molecule has 0 spiro atoms. The van der Waals surface area contributed by atoms with Gasteiger partial charge in [-0.15, -0.1) is 0 Å². The maximum atomic E-state index is 12.8. The molecule has 1 rings (SSSR count). The molecule has 0 aliphatic heterocycles. The van der Waals surface area contributed by atoms with Crippen molar-refractivity contribution in [2.45, 2.75) is 12.8 Å². The second-order valence-corrected chi connectivity index (χ2v) is 3.37. The fraction of sp³-hybridized carbons (Fsp3) is 0.273. The molecular formula is C11H6F5NO3. The monoisotopic (exact) mass is 295 g/mol. The SMILES string of the molecule is COC(=O)c1cc(OC(F)F)cc(C(F)(F)F)c1C#N. The van der Waals surface area contributed by atoms with Gasteiger partial charge in [-0.3, -0.25) is 0 Å². The minimum absolute atomic E-state index is 0.219. The van der Waals surface area contributed by atoms with E-state index in [0.29, 0.717) is 6.07 Å². The summed E-state index contributed by atoms with van der Waals surface area (Å²) in [5.74, 6) is -2.17. The number of carbonyl (C=O) groups is 1. The van der Waals surface area contributed by atoms with Crippen molar-refractivity contribution in [1.29, 1.82) is 5.26 Å². The van der Waals surface area contributed by atoms with Gasteiger partial charge in [-0.2, -0.15) is 27.2 Å². The van der Waals surface area contributed by atoms with Gasteiger partial charge in [-0.1, -0.05) is 0 Å². The molecule has 0 radical (unpaired) electrons. The van der Waals surface area contributed by atoms with E-state index in [-0.39, 0.29) is 6.07 Å². The van der Waals surface area contributed by atoms with Crippen LogP contribution in [-0.2, 0) is 10.9 Å². The van der Waals surface area contributed by atoms with Crippen LogP contribution in [0.4, 0.5) is 22.0 Å². The first-order chi connectivity index (χ1) is 9.20. The Labute approximate surface area is 109 Å². The smallest absolute Gasteiger partial charge is 0.417 e. The summed E-state index contributed by atoms with van der Waals surface area (Å²) in [7, 11) is 0.872.